The SMILES string of the molecule is COc1ccc(CN2CC(OCc3ccccc3F)CN(C(=O)CCc3ccncc3)CC2=O)cc1. The number of ether oxygens (including phenoxy) is 2. The van der Waals surface area contributed by atoms with Gasteiger partial charge in [-0.15, -0.1) is 0 Å². The number of halogens is 1. The maximum atomic E-state index is 14.2. The fourth-order valence-corrected chi connectivity index (χ4v) is 4.16. The van der Waals surface area contributed by atoms with E-state index in [0.29, 0.717) is 25.1 Å². The third kappa shape index (κ3) is 6.88. The summed E-state index contributed by atoms with van der Waals surface area (Å²) in [5.74, 6) is 0.117. The van der Waals surface area contributed by atoms with Gasteiger partial charge in [0.1, 0.15) is 11.6 Å². The molecule has 3 aromatic rings. The molecule has 1 aromatic heterocycles. The molecule has 188 valence electrons. The molecule has 2 heterocycles. The molecule has 1 atom stereocenters. The van der Waals surface area contributed by atoms with Gasteiger partial charge in [-0.25, -0.2) is 4.39 Å². The summed E-state index contributed by atoms with van der Waals surface area (Å²) in [6.45, 7) is 0.967. The zero-order valence-corrected chi connectivity index (χ0v) is 20.3. The van der Waals surface area contributed by atoms with Crippen LogP contribution in [-0.4, -0.2) is 59.4 Å². The number of benzene rings is 2. The largest absolute Gasteiger partial charge is 0.497 e. The highest BCUT2D eigenvalue weighted by atomic mass is 19.1. The van der Waals surface area contributed by atoms with Gasteiger partial charge in [-0.2, -0.15) is 0 Å². The Morgan fingerprint density at radius 3 is 2.50 bits per heavy atom. The first-order valence-corrected chi connectivity index (χ1v) is 11.9. The monoisotopic (exact) mass is 491 g/mol. The average molecular weight is 492 g/mol. The van der Waals surface area contributed by atoms with Crippen LogP contribution < -0.4 is 4.74 Å². The molecule has 8 heteroatoms. The van der Waals surface area contributed by atoms with Gasteiger partial charge in [0.25, 0.3) is 0 Å². The van der Waals surface area contributed by atoms with Gasteiger partial charge in [0, 0.05) is 44.0 Å². The van der Waals surface area contributed by atoms with Crippen LogP contribution in [0.15, 0.2) is 73.1 Å². The minimum absolute atomic E-state index is 0.0229. The lowest BCUT2D eigenvalue weighted by Gasteiger charge is -2.25. The molecule has 0 N–H and O–H groups in total. The van der Waals surface area contributed by atoms with E-state index in [1.807, 2.05) is 36.4 Å². The van der Waals surface area contributed by atoms with Gasteiger partial charge in [-0.05, 0) is 47.9 Å². The number of aromatic nitrogens is 1. The molecule has 1 aliphatic rings. The van der Waals surface area contributed by atoms with Crippen LogP contribution in [0.4, 0.5) is 4.39 Å². The van der Waals surface area contributed by atoms with Crippen molar-refractivity contribution in [3.63, 3.8) is 0 Å². The number of amides is 2. The van der Waals surface area contributed by atoms with E-state index < -0.39 is 6.10 Å². The molecule has 0 spiro atoms. The number of methoxy groups -OCH3 is 1. The summed E-state index contributed by atoms with van der Waals surface area (Å²) in [6, 6.07) is 17.7. The van der Waals surface area contributed by atoms with Crippen molar-refractivity contribution in [2.24, 2.45) is 0 Å². The van der Waals surface area contributed by atoms with Crippen molar-refractivity contribution < 1.29 is 23.5 Å². The molecule has 2 amide bonds. The zero-order chi connectivity index (χ0) is 25.3. The Labute approximate surface area is 210 Å². The minimum Gasteiger partial charge on any atom is -0.497 e. The molecule has 1 unspecified atom stereocenters. The predicted octanol–water partition coefficient (Wildman–Crippen LogP) is 3.62. The van der Waals surface area contributed by atoms with Gasteiger partial charge in [0.2, 0.25) is 11.8 Å². The van der Waals surface area contributed by atoms with Crippen molar-refractivity contribution in [3.05, 3.63) is 95.6 Å². The second-order valence-corrected chi connectivity index (χ2v) is 8.78. The molecule has 4 rings (SSSR count). The van der Waals surface area contributed by atoms with Crippen molar-refractivity contribution in [2.75, 3.05) is 26.7 Å². The smallest absolute Gasteiger partial charge is 0.242 e. The van der Waals surface area contributed by atoms with E-state index in [4.69, 9.17) is 9.47 Å². The normalized spacial score (nSPS) is 16.1. The fraction of sp³-hybridized carbons (Fsp3) is 0.321. The zero-order valence-electron chi connectivity index (χ0n) is 20.3. The molecule has 0 saturated carbocycles. The number of carbonyl (C=O) groups is 2. The number of carbonyl (C=O) groups excluding carboxylic acids is 2. The molecule has 1 aliphatic heterocycles. The average Bonchev–Trinajstić information content (AvgIpc) is 3.06. The Hall–Kier alpha value is -3.78. The van der Waals surface area contributed by atoms with Gasteiger partial charge >= 0.3 is 0 Å². The van der Waals surface area contributed by atoms with Crippen molar-refractivity contribution in [1.82, 2.24) is 14.8 Å². The first-order chi connectivity index (χ1) is 17.5. The number of rotatable bonds is 9. The lowest BCUT2D eigenvalue weighted by Crippen LogP contribution is -2.39. The first kappa shape index (κ1) is 25.3. The van der Waals surface area contributed by atoms with E-state index in [9.17, 15) is 14.0 Å². The van der Waals surface area contributed by atoms with Gasteiger partial charge in [0.05, 0.1) is 26.4 Å². The summed E-state index contributed by atoms with van der Waals surface area (Å²) in [7, 11) is 1.60. The van der Waals surface area contributed by atoms with Crippen LogP contribution in [0.5, 0.6) is 5.75 Å². The van der Waals surface area contributed by atoms with Crippen LogP contribution in [0.2, 0.25) is 0 Å². The van der Waals surface area contributed by atoms with Crippen molar-refractivity contribution >= 4 is 11.8 Å². The van der Waals surface area contributed by atoms with E-state index in [-0.39, 0.29) is 43.7 Å². The van der Waals surface area contributed by atoms with Gasteiger partial charge < -0.3 is 19.3 Å². The minimum atomic E-state index is -0.459. The van der Waals surface area contributed by atoms with Crippen molar-refractivity contribution in [3.8, 4) is 5.75 Å². The molecular formula is C28H30FN3O4. The van der Waals surface area contributed by atoms with Gasteiger partial charge in [0.15, 0.2) is 0 Å². The summed E-state index contributed by atoms with van der Waals surface area (Å²) in [6.07, 6.45) is 3.76. The van der Waals surface area contributed by atoms with Crippen LogP contribution >= 0.6 is 0 Å². The molecule has 2 aromatic carbocycles. The Bertz CT molecular complexity index is 1160. The van der Waals surface area contributed by atoms with Crippen LogP contribution in [0.3, 0.4) is 0 Å². The molecular weight excluding hydrogens is 461 g/mol. The maximum absolute atomic E-state index is 14.2. The fourth-order valence-electron chi connectivity index (χ4n) is 4.16. The summed E-state index contributed by atoms with van der Waals surface area (Å²) in [5, 5.41) is 0. The topological polar surface area (TPSA) is 72.0 Å². The number of nitrogens with zero attached hydrogens (tertiary/aromatic N) is 3. The number of aryl methyl sites for hydroxylation is 1. The predicted molar refractivity (Wildman–Crippen MR) is 133 cm³/mol. The van der Waals surface area contributed by atoms with Crippen LogP contribution in [0.25, 0.3) is 0 Å². The van der Waals surface area contributed by atoms with E-state index in [1.54, 1.807) is 47.5 Å². The van der Waals surface area contributed by atoms with Crippen LogP contribution in [-0.2, 0) is 33.9 Å². The Kier molecular flexibility index (Phi) is 8.62. The van der Waals surface area contributed by atoms with E-state index >= 15 is 0 Å². The van der Waals surface area contributed by atoms with Crippen molar-refractivity contribution in [2.45, 2.75) is 32.1 Å². The highest BCUT2D eigenvalue weighted by Gasteiger charge is 2.31. The Morgan fingerprint density at radius 2 is 1.78 bits per heavy atom. The standard InChI is InChI=1S/C28H30FN3O4/c1-35-24-9-6-22(7-10-24)16-31-17-25(36-20-23-4-2-3-5-26(23)29)18-32(19-28(31)34)27(33)11-8-21-12-14-30-15-13-21/h2-7,9-10,12-15,25H,8,11,16-20H2,1H3. The molecule has 36 heavy (non-hydrogen) atoms. The molecule has 0 aliphatic carbocycles. The van der Waals surface area contributed by atoms with E-state index in [0.717, 1.165) is 16.9 Å². The quantitative estimate of drug-likeness (QED) is 0.457. The van der Waals surface area contributed by atoms with E-state index in [1.165, 1.54) is 6.07 Å². The Morgan fingerprint density at radius 1 is 1.03 bits per heavy atom. The van der Waals surface area contributed by atoms with Gasteiger partial charge in [-0.1, -0.05) is 30.3 Å². The number of hydrogen-bond acceptors (Lipinski definition) is 5. The molecule has 1 saturated heterocycles. The third-order valence-corrected chi connectivity index (χ3v) is 6.22. The summed E-state index contributed by atoms with van der Waals surface area (Å²) < 4.78 is 25.4. The highest BCUT2D eigenvalue weighted by molar-refractivity contribution is 5.85. The van der Waals surface area contributed by atoms with E-state index in [2.05, 4.69) is 4.98 Å². The highest BCUT2D eigenvalue weighted by Crippen LogP contribution is 2.18. The first-order valence-electron chi connectivity index (χ1n) is 11.9. The maximum Gasteiger partial charge on any atom is 0.242 e. The summed E-state index contributed by atoms with van der Waals surface area (Å²) in [4.78, 5) is 33.5. The molecule has 0 bridgehead atoms. The number of hydrogen-bond donors (Lipinski definition) is 0. The second-order valence-electron chi connectivity index (χ2n) is 8.78. The lowest BCUT2D eigenvalue weighted by molar-refractivity contribution is -0.139. The summed E-state index contributed by atoms with van der Waals surface area (Å²) in [5.41, 5.74) is 2.38. The van der Waals surface area contributed by atoms with Crippen molar-refractivity contribution in [1.29, 1.82) is 0 Å². The second kappa shape index (κ2) is 12.3. The van der Waals surface area contributed by atoms with Crippen LogP contribution in [0, 0.1) is 5.82 Å². The molecule has 7 nitrogen and oxygen atoms in total. The van der Waals surface area contributed by atoms with Crippen LogP contribution in [0.1, 0.15) is 23.1 Å². The molecule has 0 radical (unpaired) electrons. The Balaban J connectivity index is 1.47. The number of pyridine rings is 1. The van der Waals surface area contributed by atoms with Gasteiger partial charge in [-0.3, -0.25) is 14.6 Å². The molecule has 1 fully saturated rings. The third-order valence-electron chi connectivity index (χ3n) is 6.22. The lowest BCUT2D eigenvalue weighted by atomic mass is 10.1. The summed E-state index contributed by atoms with van der Waals surface area (Å²) >= 11 is 0.